The van der Waals surface area contributed by atoms with E-state index in [0.29, 0.717) is 29.5 Å². The molecular formula is C28H25N5O3. The van der Waals surface area contributed by atoms with Crippen LogP contribution < -0.4 is 10.1 Å². The fraction of sp³-hybridized carbons (Fsp3) is 0.143. The number of imidazole rings is 1. The molecule has 8 heteroatoms. The molecule has 0 bridgehead atoms. The molecule has 36 heavy (non-hydrogen) atoms. The number of rotatable bonds is 7. The first-order valence-electron chi connectivity index (χ1n) is 11.5. The Bertz CT molecular complexity index is 1500. The highest BCUT2D eigenvalue weighted by Crippen LogP contribution is 2.23. The summed E-state index contributed by atoms with van der Waals surface area (Å²) in [5, 5.41) is 7.02. The van der Waals surface area contributed by atoms with Crippen LogP contribution in [0.4, 0.5) is 5.69 Å². The number of aromatic nitrogens is 4. The molecule has 0 atom stereocenters. The van der Waals surface area contributed by atoms with Crippen molar-refractivity contribution in [3.63, 3.8) is 0 Å². The molecule has 0 aliphatic carbocycles. The number of nitrogens with one attached hydrogen (secondary N) is 1. The Kier molecular flexibility index (Phi) is 6.32. The number of carbonyl (C=O) groups is 1. The third-order valence-corrected chi connectivity index (χ3v) is 5.97. The average molecular weight is 480 g/mol. The van der Waals surface area contributed by atoms with E-state index in [1.54, 1.807) is 13.4 Å². The molecule has 5 aromatic rings. The van der Waals surface area contributed by atoms with Crippen molar-refractivity contribution in [2.75, 3.05) is 12.4 Å². The van der Waals surface area contributed by atoms with Gasteiger partial charge in [0.05, 0.1) is 13.4 Å². The monoisotopic (exact) mass is 479 g/mol. The molecule has 0 aliphatic rings. The van der Waals surface area contributed by atoms with E-state index in [1.165, 1.54) is 0 Å². The quantitative estimate of drug-likeness (QED) is 0.330. The van der Waals surface area contributed by atoms with Crippen LogP contribution in [0.25, 0.3) is 23.0 Å². The summed E-state index contributed by atoms with van der Waals surface area (Å²) in [7, 11) is 1.62. The summed E-state index contributed by atoms with van der Waals surface area (Å²) in [6.45, 7) is 4.64. The summed E-state index contributed by atoms with van der Waals surface area (Å²) in [6, 6.07) is 20.9. The first-order valence-corrected chi connectivity index (χ1v) is 11.5. The molecule has 0 saturated carbocycles. The van der Waals surface area contributed by atoms with E-state index in [0.717, 1.165) is 33.7 Å². The number of methoxy groups -OCH3 is 1. The van der Waals surface area contributed by atoms with Crippen molar-refractivity contribution in [2.45, 2.75) is 20.4 Å². The lowest BCUT2D eigenvalue weighted by Crippen LogP contribution is -2.12. The standard InChI is InChI=1S/C28H25N5O3/c1-18-4-7-22(14-19(18)2)27(34)30-23-10-5-20(6-11-23)15-33-16-25(29-17-33)28-31-26(32-36-28)21-8-12-24(35-3)13-9-21/h4-14,16-17H,15H2,1-3H3,(H,30,34). The molecule has 0 radical (unpaired) electrons. The predicted octanol–water partition coefficient (Wildman–Crippen LogP) is 5.53. The van der Waals surface area contributed by atoms with Crippen molar-refractivity contribution in [3.05, 3.63) is 102 Å². The van der Waals surface area contributed by atoms with Crippen molar-refractivity contribution in [3.8, 4) is 28.7 Å². The summed E-state index contributed by atoms with van der Waals surface area (Å²) in [5.74, 6) is 1.47. The molecule has 1 amide bonds. The highest BCUT2D eigenvalue weighted by molar-refractivity contribution is 6.04. The fourth-order valence-corrected chi connectivity index (χ4v) is 3.73. The number of ether oxygens (including phenoxy) is 1. The first-order chi connectivity index (χ1) is 17.5. The molecule has 180 valence electrons. The zero-order valence-electron chi connectivity index (χ0n) is 20.2. The Hall–Kier alpha value is -4.72. The number of hydrogen-bond acceptors (Lipinski definition) is 6. The average Bonchev–Trinajstić information content (AvgIpc) is 3.57. The van der Waals surface area contributed by atoms with Crippen molar-refractivity contribution in [2.24, 2.45) is 0 Å². The van der Waals surface area contributed by atoms with E-state index in [9.17, 15) is 4.79 Å². The number of anilines is 1. The number of aryl methyl sites for hydroxylation is 2. The number of hydrogen-bond donors (Lipinski definition) is 1. The zero-order valence-corrected chi connectivity index (χ0v) is 20.2. The number of amides is 1. The molecule has 0 spiro atoms. The van der Waals surface area contributed by atoms with Gasteiger partial charge in [-0.1, -0.05) is 23.4 Å². The molecule has 0 unspecified atom stereocenters. The van der Waals surface area contributed by atoms with Crippen molar-refractivity contribution in [1.29, 1.82) is 0 Å². The maximum Gasteiger partial charge on any atom is 0.278 e. The molecule has 1 N–H and O–H groups in total. The SMILES string of the molecule is COc1ccc(-c2noc(-c3cn(Cc4ccc(NC(=O)c5ccc(C)c(C)c5)cc4)cn3)n2)cc1. The van der Waals surface area contributed by atoms with Crippen LogP contribution >= 0.6 is 0 Å². The van der Waals surface area contributed by atoms with E-state index in [4.69, 9.17) is 9.26 Å². The minimum Gasteiger partial charge on any atom is -0.497 e. The van der Waals surface area contributed by atoms with E-state index >= 15 is 0 Å². The second-order valence-corrected chi connectivity index (χ2v) is 8.53. The molecule has 5 rings (SSSR count). The highest BCUT2D eigenvalue weighted by Gasteiger charge is 2.14. The number of nitrogens with zero attached hydrogens (tertiary/aromatic N) is 4. The summed E-state index contributed by atoms with van der Waals surface area (Å²) in [5.41, 5.74) is 6.13. The zero-order chi connectivity index (χ0) is 25.1. The van der Waals surface area contributed by atoms with Crippen molar-refractivity contribution in [1.82, 2.24) is 19.7 Å². The molecule has 8 nitrogen and oxygen atoms in total. The maximum absolute atomic E-state index is 12.6. The molecular weight excluding hydrogens is 454 g/mol. The van der Waals surface area contributed by atoms with E-state index in [-0.39, 0.29) is 5.91 Å². The van der Waals surface area contributed by atoms with Crippen LogP contribution in [0, 0.1) is 13.8 Å². The van der Waals surface area contributed by atoms with Gasteiger partial charge in [-0.2, -0.15) is 4.98 Å². The molecule has 0 saturated heterocycles. The third-order valence-electron chi connectivity index (χ3n) is 5.97. The number of benzene rings is 3. The van der Waals surface area contributed by atoms with Crippen LogP contribution in [0.2, 0.25) is 0 Å². The summed E-state index contributed by atoms with van der Waals surface area (Å²) in [6.07, 6.45) is 3.59. The van der Waals surface area contributed by atoms with Gasteiger partial charge in [0, 0.05) is 29.6 Å². The number of carbonyl (C=O) groups excluding carboxylic acids is 1. The molecule has 0 aliphatic heterocycles. The van der Waals surface area contributed by atoms with Crippen LogP contribution in [0.1, 0.15) is 27.0 Å². The lowest BCUT2D eigenvalue weighted by Gasteiger charge is -2.08. The van der Waals surface area contributed by atoms with Gasteiger partial charge in [0.25, 0.3) is 11.8 Å². The van der Waals surface area contributed by atoms with E-state index in [2.05, 4.69) is 20.4 Å². The molecule has 2 aromatic heterocycles. The normalized spacial score (nSPS) is 10.9. The third kappa shape index (κ3) is 5.02. The van der Waals surface area contributed by atoms with Gasteiger partial charge in [0.15, 0.2) is 0 Å². The van der Waals surface area contributed by atoms with Crippen LogP contribution in [0.15, 0.2) is 83.8 Å². The Balaban J connectivity index is 1.22. The second kappa shape index (κ2) is 9.87. The van der Waals surface area contributed by atoms with Gasteiger partial charge in [-0.3, -0.25) is 4.79 Å². The van der Waals surface area contributed by atoms with E-state index < -0.39 is 0 Å². The van der Waals surface area contributed by atoms with Gasteiger partial charge < -0.3 is 19.1 Å². The van der Waals surface area contributed by atoms with Crippen molar-refractivity contribution >= 4 is 11.6 Å². The summed E-state index contributed by atoms with van der Waals surface area (Å²) in [4.78, 5) is 21.4. The van der Waals surface area contributed by atoms with Gasteiger partial charge in [0.1, 0.15) is 11.4 Å². The Labute approximate surface area is 208 Å². The van der Waals surface area contributed by atoms with Crippen LogP contribution in [-0.2, 0) is 6.54 Å². The van der Waals surface area contributed by atoms with Gasteiger partial charge >= 0.3 is 0 Å². The Morgan fingerprint density at radius 1 is 1.00 bits per heavy atom. The van der Waals surface area contributed by atoms with Crippen LogP contribution in [0.3, 0.4) is 0 Å². The second-order valence-electron chi connectivity index (χ2n) is 8.53. The molecule has 0 fully saturated rings. The lowest BCUT2D eigenvalue weighted by molar-refractivity contribution is 0.102. The van der Waals surface area contributed by atoms with Gasteiger partial charge in [-0.25, -0.2) is 4.98 Å². The molecule has 3 aromatic carbocycles. The topological polar surface area (TPSA) is 95.1 Å². The lowest BCUT2D eigenvalue weighted by atomic mass is 10.1. The maximum atomic E-state index is 12.6. The predicted molar refractivity (Wildman–Crippen MR) is 137 cm³/mol. The van der Waals surface area contributed by atoms with Crippen molar-refractivity contribution < 1.29 is 14.1 Å². The van der Waals surface area contributed by atoms with E-state index in [1.807, 2.05) is 91.3 Å². The van der Waals surface area contributed by atoms with Gasteiger partial charge in [0.2, 0.25) is 5.82 Å². The van der Waals surface area contributed by atoms with Crippen LogP contribution in [0.5, 0.6) is 5.75 Å². The smallest absolute Gasteiger partial charge is 0.278 e. The largest absolute Gasteiger partial charge is 0.497 e. The van der Waals surface area contributed by atoms with Crippen LogP contribution in [-0.4, -0.2) is 32.7 Å². The Morgan fingerprint density at radius 3 is 2.50 bits per heavy atom. The fourth-order valence-electron chi connectivity index (χ4n) is 3.73. The highest BCUT2D eigenvalue weighted by atomic mass is 16.5. The first kappa shape index (κ1) is 23.0. The van der Waals surface area contributed by atoms with Gasteiger partial charge in [-0.15, -0.1) is 0 Å². The summed E-state index contributed by atoms with van der Waals surface area (Å²) >= 11 is 0. The minimum absolute atomic E-state index is 0.126. The summed E-state index contributed by atoms with van der Waals surface area (Å²) < 4.78 is 12.5. The molecule has 2 heterocycles. The minimum atomic E-state index is -0.126. The van der Waals surface area contributed by atoms with Gasteiger partial charge in [-0.05, 0) is 79.1 Å². The Morgan fingerprint density at radius 2 is 1.78 bits per heavy atom.